The van der Waals surface area contributed by atoms with Gasteiger partial charge in [-0.1, -0.05) is 39.7 Å². The molecule has 0 aliphatic rings. The predicted molar refractivity (Wildman–Crippen MR) is 99.3 cm³/mol. The first kappa shape index (κ1) is 18.4. The van der Waals surface area contributed by atoms with E-state index in [0.29, 0.717) is 25.2 Å². The van der Waals surface area contributed by atoms with Gasteiger partial charge in [0.2, 0.25) is 0 Å². The van der Waals surface area contributed by atoms with Gasteiger partial charge in [0.05, 0.1) is 21.4 Å². The first-order valence-electron chi connectivity index (χ1n) is 6.45. The highest BCUT2D eigenvalue weighted by molar-refractivity contribution is 9.11. The van der Waals surface area contributed by atoms with E-state index in [2.05, 4.69) is 47.7 Å². The van der Waals surface area contributed by atoms with E-state index in [4.69, 9.17) is 11.6 Å². The van der Waals surface area contributed by atoms with Gasteiger partial charge in [-0.2, -0.15) is 5.10 Å². The molecular formula is C15H10Br2ClN3O3. The van der Waals surface area contributed by atoms with Gasteiger partial charge in [-0.15, -0.1) is 0 Å². The van der Waals surface area contributed by atoms with E-state index in [1.807, 2.05) is 0 Å². The van der Waals surface area contributed by atoms with E-state index in [1.54, 1.807) is 36.4 Å². The highest BCUT2D eigenvalue weighted by Gasteiger charge is 2.14. The summed E-state index contributed by atoms with van der Waals surface area (Å²) in [4.78, 5) is 23.5. The number of hydrogen-bond donors (Lipinski definition) is 3. The molecular weight excluding hydrogens is 465 g/mol. The number of carbonyl (C=O) groups is 2. The van der Waals surface area contributed by atoms with Crippen LogP contribution in [0.4, 0.5) is 5.69 Å². The lowest BCUT2D eigenvalue weighted by atomic mass is 10.2. The minimum absolute atomic E-state index is 0.0447. The molecule has 2 aromatic rings. The molecule has 6 nitrogen and oxygen atoms in total. The van der Waals surface area contributed by atoms with Crippen LogP contribution in [-0.4, -0.2) is 23.1 Å². The molecule has 0 aromatic heterocycles. The van der Waals surface area contributed by atoms with Gasteiger partial charge in [-0.05, 0) is 40.2 Å². The molecule has 124 valence electrons. The van der Waals surface area contributed by atoms with E-state index in [1.165, 1.54) is 6.21 Å². The molecule has 0 saturated heterocycles. The van der Waals surface area contributed by atoms with Gasteiger partial charge in [-0.3, -0.25) is 9.59 Å². The number of rotatable bonds is 3. The average Bonchev–Trinajstić information content (AvgIpc) is 2.53. The highest BCUT2D eigenvalue weighted by atomic mass is 79.9. The Kier molecular flexibility index (Phi) is 6.36. The SMILES string of the molecule is O=C(N/N=C/c1cc(Br)cc(Br)c1O)C(=O)Nc1ccccc1Cl. The first-order valence-corrected chi connectivity index (χ1v) is 8.42. The molecule has 0 atom stereocenters. The standard InChI is InChI=1S/C15H10Br2ClN3O3/c16-9-5-8(13(22)10(17)6-9)7-19-21-15(24)14(23)20-12-4-2-1-3-11(12)18/h1-7,22H,(H,20,23)(H,21,24)/b19-7+. The second-order valence-corrected chi connectivity index (χ2v) is 6.64. The third-order valence-corrected chi connectivity index (χ3v) is 4.15. The van der Waals surface area contributed by atoms with Crippen molar-refractivity contribution in [2.45, 2.75) is 0 Å². The number of hydrogen-bond acceptors (Lipinski definition) is 4. The van der Waals surface area contributed by atoms with Crippen molar-refractivity contribution in [3.8, 4) is 5.75 Å². The van der Waals surface area contributed by atoms with E-state index in [-0.39, 0.29) is 5.75 Å². The molecule has 0 radical (unpaired) electrons. The van der Waals surface area contributed by atoms with Crippen molar-refractivity contribution >= 4 is 67.2 Å². The Morgan fingerprint density at radius 1 is 1.17 bits per heavy atom. The maximum Gasteiger partial charge on any atom is 0.329 e. The van der Waals surface area contributed by atoms with Crippen LogP contribution in [0.3, 0.4) is 0 Å². The third kappa shape index (κ3) is 4.80. The van der Waals surface area contributed by atoms with Crippen LogP contribution in [0.2, 0.25) is 5.02 Å². The molecule has 0 saturated carbocycles. The Balaban J connectivity index is 2.00. The van der Waals surface area contributed by atoms with Crippen LogP contribution in [0, 0.1) is 0 Å². The number of aromatic hydroxyl groups is 1. The van der Waals surface area contributed by atoms with Crippen LogP contribution in [0.25, 0.3) is 0 Å². The van der Waals surface area contributed by atoms with Gasteiger partial charge in [0.25, 0.3) is 0 Å². The molecule has 0 fully saturated rings. The number of phenols is 1. The zero-order valence-corrected chi connectivity index (χ0v) is 15.8. The summed E-state index contributed by atoms with van der Waals surface area (Å²) in [5.41, 5.74) is 2.74. The lowest BCUT2D eigenvalue weighted by Crippen LogP contribution is -2.32. The molecule has 2 amide bonds. The van der Waals surface area contributed by atoms with Crippen molar-refractivity contribution in [1.29, 1.82) is 0 Å². The summed E-state index contributed by atoms with van der Waals surface area (Å²) in [6.07, 6.45) is 1.21. The van der Waals surface area contributed by atoms with Crippen molar-refractivity contribution in [2.75, 3.05) is 5.32 Å². The van der Waals surface area contributed by atoms with Gasteiger partial charge in [0.1, 0.15) is 5.75 Å². The second-order valence-electron chi connectivity index (χ2n) is 4.46. The molecule has 0 heterocycles. The Morgan fingerprint density at radius 3 is 2.58 bits per heavy atom. The summed E-state index contributed by atoms with van der Waals surface area (Å²) in [6.45, 7) is 0. The lowest BCUT2D eigenvalue weighted by molar-refractivity contribution is -0.136. The van der Waals surface area contributed by atoms with Crippen molar-refractivity contribution in [1.82, 2.24) is 5.43 Å². The molecule has 0 spiro atoms. The number of hydrazone groups is 1. The number of nitrogens with one attached hydrogen (secondary N) is 2. The number of phenolic OH excluding ortho intramolecular Hbond substituents is 1. The Bertz CT molecular complexity index is 828. The van der Waals surface area contributed by atoms with Gasteiger partial charge >= 0.3 is 11.8 Å². The summed E-state index contributed by atoms with van der Waals surface area (Å²) >= 11 is 12.3. The minimum atomic E-state index is -0.972. The lowest BCUT2D eigenvalue weighted by Gasteiger charge is -2.05. The molecule has 0 bridgehead atoms. The quantitative estimate of drug-likeness (QED) is 0.360. The highest BCUT2D eigenvalue weighted by Crippen LogP contribution is 2.30. The van der Waals surface area contributed by atoms with Crippen LogP contribution < -0.4 is 10.7 Å². The van der Waals surface area contributed by atoms with Crippen LogP contribution in [-0.2, 0) is 9.59 Å². The number of nitrogens with zero attached hydrogens (tertiary/aromatic N) is 1. The monoisotopic (exact) mass is 473 g/mol. The van der Waals surface area contributed by atoms with Crippen LogP contribution in [0.1, 0.15) is 5.56 Å². The van der Waals surface area contributed by atoms with Gasteiger partial charge in [0.15, 0.2) is 0 Å². The predicted octanol–water partition coefficient (Wildman–Crippen LogP) is 3.66. The molecule has 9 heteroatoms. The summed E-state index contributed by atoms with van der Waals surface area (Å²) < 4.78 is 1.16. The molecule has 0 unspecified atom stereocenters. The fourth-order valence-corrected chi connectivity index (χ4v) is 3.08. The van der Waals surface area contributed by atoms with E-state index in [9.17, 15) is 14.7 Å². The largest absolute Gasteiger partial charge is 0.506 e. The average molecular weight is 476 g/mol. The normalized spacial score (nSPS) is 10.6. The second kappa shape index (κ2) is 8.27. The van der Waals surface area contributed by atoms with Crippen molar-refractivity contribution in [2.24, 2.45) is 5.10 Å². The zero-order chi connectivity index (χ0) is 17.7. The fourth-order valence-electron chi connectivity index (χ4n) is 1.64. The molecule has 2 rings (SSSR count). The number of amides is 2. The fraction of sp³-hybridized carbons (Fsp3) is 0. The zero-order valence-electron chi connectivity index (χ0n) is 11.9. The van der Waals surface area contributed by atoms with Crippen LogP contribution in [0.15, 0.2) is 50.4 Å². The molecule has 2 aromatic carbocycles. The maximum absolute atomic E-state index is 11.8. The minimum Gasteiger partial charge on any atom is -0.506 e. The maximum atomic E-state index is 11.8. The van der Waals surface area contributed by atoms with E-state index < -0.39 is 11.8 Å². The number of carbonyl (C=O) groups excluding carboxylic acids is 2. The number of halogens is 3. The van der Waals surface area contributed by atoms with Gasteiger partial charge in [-0.25, -0.2) is 5.43 Å². The molecule has 0 aliphatic heterocycles. The summed E-state index contributed by atoms with van der Waals surface area (Å²) in [7, 11) is 0. The van der Waals surface area contributed by atoms with Crippen molar-refractivity contribution in [3.63, 3.8) is 0 Å². The van der Waals surface area contributed by atoms with E-state index >= 15 is 0 Å². The number of anilines is 1. The summed E-state index contributed by atoms with van der Waals surface area (Å²) in [5.74, 6) is -1.93. The Hall–Kier alpha value is -1.90. The Labute approximate surface area is 159 Å². The first-order chi connectivity index (χ1) is 11.4. The number of para-hydroxylation sites is 1. The molecule has 0 aliphatic carbocycles. The van der Waals surface area contributed by atoms with E-state index in [0.717, 1.165) is 0 Å². The summed E-state index contributed by atoms with van der Waals surface area (Å²) in [5, 5.41) is 16.2. The molecule has 3 N–H and O–H groups in total. The van der Waals surface area contributed by atoms with Crippen LogP contribution >= 0.6 is 43.5 Å². The smallest absolute Gasteiger partial charge is 0.329 e. The van der Waals surface area contributed by atoms with Gasteiger partial charge < -0.3 is 10.4 Å². The van der Waals surface area contributed by atoms with Gasteiger partial charge in [0, 0.05) is 10.0 Å². The topological polar surface area (TPSA) is 90.8 Å². The van der Waals surface area contributed by atoms with Crippen molar-refractivity contribution < 1.29 is 14.7 Å². The van der Waals surface area contributed by atoms with Crippen LogP contribution in [0.5, 0.6) is 5.75 Å². The molecule has 24 heavy (non-hydrogen) atoms. The third-order valence-electron chi connectivity index (χ3n) is 2.76. The van der Waals surface area contributed by atoms with Crippen molar-refractivity contribution in [3.05, 3.63) is 55.9 Å². The summed E-state index contributed by atoms with van der Waals surface area (Å²) in [6, 6.07) is 9.77. The Morgan fingerprint density at radius 2 is 1.88 bits per heavy atom. The number of benzene rings is 2.